The van der Waals surface area contributed by atoms with Crippen LogP contribution in [0.3, 0.4) is 0 Å². The van der Waals surface area contributed by atoms with Crippen LogP contribution < -0.4 is 5.32 Å². The van der Waals surface area contributed by atoms with E-state index in [9.17, 15) is 9.59 Å². The highest BCUT2D eigenvalue weighted by atomic mass is 32.1. The van der Waals surface area contributed by atoms with E-state index >= 15 is 0 Å². The molecule has 2 amide bonds. The van der Waals surface area contributed by atoms with Gasteiger partial charge in [0.05, 0.1) is 12.0 Å². The molecule has 2 N–H and O–H groups in total. The Labute approximate surface area is 144 Å². The average molecular weight is 344 g/mol. The van der Waals surface area contributed by atoms with Crippen LogP contribution in [-0.4, -0.2) is 35.1 Å². The van der Waals surface area contributed by atoms with Crippen molar-refractivity contribution in [2.45, 2.75) is 18.9 Å². The van der Waals surface area contributed by atoms with Crippen molar-refractivity contribution in [1.29, 1.82) is 0 Å². The van der Waals surface area contributed by atoms with Crippen LogP contribution >= 0.6 is 11.3 Å². The second-order valence-corrected chi connectivity index (χ2v) is 6.96. The van der Waals surface area contributed by atoms with Gasteiger partial charge in [-0.25, -0.2) is 4.79 Å². The summed E-state index contributed by atoms with van der Waals surface area (Å²) in [4.78, 5) is 26.3. The quantitative estimate of drug-likeness (QED) is 0.875. The van der Waals surface area contributed by atoms with Gasteiger partial charge in [0.1, 0.15) is 0 Å². The summed E-state index contributed by atoms with van der Waals surface area (Å²) >= 11 is 1.61. The molecule has 1 saturated heterocycles. The molecular formula is C18H20N2O3S. The number of carbonyl (C=O) groups excluding carboxylic acids is 1. The van der Waals surface area contributed by atoms with Gasteiger partial charge in [-0.3, -0.25) is 4.79 Å². The lowest BCUT2D eigenvalue weighted by atomic mass is 10.0. The first-order valence-electron chi connectivity index (χ1n) is 7.99. The number of benzene rings is 1. The summed E-state index contributed by atoms with van der Waals surface area (Å²) in [5.74, 6) is -1.28. The van der Waals surface area contributed by atoms with E-state index in [2.05, 4.69) is 5.32 Å². The highest BCUT2D eigenvalue weighted by Crippen LogP contribution is 2.24. The average Bonchev–Trinajstić information content (AvgIpc) is 3.27. The van der Waals surface area contributed by atoms with E-state index in [-0.39, 0.29) is 18.6 Å². The summed E-state index contributed by atoms with van der Waals surface area (Å²) in [6.07, 6.45) is 1.23. The first kappa shape index (κ1) is 16.5. The molecule has 2 atom stereocenters. The normalized spacial score (nSPS) is 18.3. The minimum absolute atomic E-state index is 0.108. The fourth-order valence-corrected chi connectivity index (χ4v) is 3.73. The largest absolute Gasteiger partial charge is 0.481 e. The van der Waals surface area contributed by atoms with E-state index in [4.69, 9.17) is 5.11 Å². The van der Waals surface area contributed by atoms with E-state index < -0.39 is 11.9 Å². The Balaban J connectivity index is 1.68. The maximum atomic E-state index is 12.5. The van der Waals surface area contributed by atoms with Gasteiger partial charge in [-0.2, -0.15) is 0 Å². The number of hydrogen-bond donors (Lipinski definition) is 2. The Morgan fingerprint density at radius 1 is 1.25 bits per heavy atom. The molecule has 5 nitrogen and oxygen atoms in total. The molecule has 1 aromatic carbocycles. The van der Waals surface area contributed by atoms with Crippen LogP contribution in [0.4, 0.5) is 4.79 Å². The van der Waals surface area contributed by atoms with Gasteiger partial charge < -0.3 is 15.3 Å². The molecule has 1 aliphatic rings. The molecule has 2 aromatic rings. The van der Waals surface area contributed by atoms with Crippen LogP contribution in [-0.2, 0) is 11.2 Å². The van der Waals surface area contributed by atoms with Crippen LogP contribution in [0.1, 0.15) is 22.9 Å². The van der Waals surface area contributed by atoms with Crippen molar-refractivity contribution in [2.24, 2.45) is 5.92 Å². The molecule has 2 heterocycles. The predicted molar refractivity (Wildman–Crippen MR) is 93.1 cm³/mol. The van der Waals surface area contributed by atoms with Crippen molar-refractivity contribution in [3.8, 4) is 0 Å². The fraction of sp³-hybridized carbons (Fsp3) is 0.333. The van der Waals surface area contributed by atoms with Crippen molar-refractivity contribution in [2.75, 3.05) is 13.1 Å². The van der Waals surface area contributed by atoms with Gasteiger partial charge in [-0.15, -0.1) is 11.3 Å². The van der Waals surface area contributed by atoms with E-state index in [0.29, 0.717) is 19.4 Å². The molecule has 6 heteroatoms. The lowest BCUT2D eigenvalue weighted by molar-refractivity contribution is -0.141. The summed E-state index contributed by atoms with van der Waals surface area (Å²) in [6, 6.07) is 13.7. The number of nitrogens with zero attached hydrogens (tertiary/aromatic N) is 1. The predicted octanol–water partition coefficient (Wildman–Crippen LogP) is 3.15. The molecule has 0 saturated carbocycles. The summed E-state index contributed by atoms with van der Waals surface area (Å²) < 4.78 is 0. The molecule has 0 radical (unpaired) electrons. The third-order valence-electron chi connectivity index (χ3n) is 4.29. The van der Waals surface area contributed by atoms with Crippen molar-refractivity contribution < 1.29 is 14.7 Å². The van der Waals surface area contributed by atoms with Crippen LogP contribution in [0.25, 0.3) is 0 Å². The maximum Gasteiger partial charge on any atom is 0.317 e. The molecule has 2 unspecified atom stereocenters. The Hall–Kier alpha value is -2.34. The van der Waals surface area contributed by atoms with Gasteiger partial charge in [-0.1, -0.05) is 36.4 Å². The van der Waals surface area contributed by atoms with E-state index in [1.807, 2.05) is 47.8 Å². The van der Waals surface area contributed by atoms with E-state index in [1.165, 1.54) is 0 Å². The molecule has 0 spiro atoms. The maximum absolute atomic E-state index is 12.5. The van der Waals surface area contributed by atoms with Crippen LogP contribution in [0.5, 0.6) is 0 Å². The number of likely N-dealkylation sites (tertiary alicyclic amines) is 1. The minimum Gasteiger partial charge on any atom is -0.481 e. The second kappa shape index (κ2) is 7.49. The fourth-order valence-electron chi connectivity index (χ4n) is 2.95. The lowest BCUT2D eigenvalue weighted by Gasteiger charge is -2.23. The number of rotatable bonds is 5. The van der Waals surface area contributed by atoms with E-state index in [1.54, 1.807) is 16.2 Å². The van der Waals surface area contributed by atoms with Crippen LogP contribution in [0.2, 0.25) is 0 Å². The minimum atomic E-state index is -0.829. The Kier molecular flexibility index (Phi) is 5.15. The smallest absolute Gasteiger partial charge is 0.317 e. The Morgan fingerprint density at radius 2 is 2.04 bits per heavy atom. The zero-order valence-corrected chi connectivity index (χ0v) is 14.0. The number of carboxylic acids is 1. The first-order chi connectivity index (χ1) is 11.6. The number of carboxylic acid groups (broad SMARTS) is 1. The molecule has 24 heavy (non-hydrogen) atoms. The van der Waals surface area contributed by atoms with Gasteiger partial charge in [0.2, 0.25) is 0 Å². The molecular weight excluding hydrogens is 324 g/mol. The van der Waals surface area contributed by atoms with Crippen molar-refractivity contribution in [3.63, 3.8) is 0 Å². The zero-order chi connectivity index (χ0) is 16.9. The van der Waals surface area contributed by atoms with Crippen molar-refractivity contribution in [3.05, 3.63) is 58.3 Å². The van der Waals surface area contributed by atoms with Gasteiger partial charge in [-0.05, 0) is 29.9 Å². The third kappa shape index (κ3) is 3.94. The van der Waals surface area contributed by atoms with Gasteiger partial charge in [0.15, 0.2) is 0 Å². The molecule has 0 bridgehead atoms. The van der Waals surface area contributed by atoms with Crippen molar-refractivity contribution >= 4 is 23.3 Å². The highest BCUT2D eigenvalue weighted by molar-refractivity contribution is 7.10. The molecule has 1 aliphatic heterocycles. The lowest BCUT2D eigenvalue weighted by Crippen LogP contribution is -2.41. The van der Waals surface area contributed by atoms with Gasteiger partial charge in [0.25, 0.3) is 0 Å². The molecule has 1 aromatic heterocycles. The topological polar surface area (TPSA) is 69.6 Å². The van der Waals surface area contributed by atoms with Crippen LogP contribution in [0.15, 0.2) is 47.8 Å². The van der Waals surface area contributed by atoms with Crippen molar-refractivity contribution in [1.82, 2.24) is 10.2 Å². The zero-order valence-electron chi connectivity index (χ0n) is 13.2. The number of hydrogen-bond acceptors (Lipinski definition) is 3. The molecule has 126 valence electrons. The summed E-state index contributed by atoms with van der Waals surface area (Å²) in [5.41, 5.74) is 1.15. The Bertz CT molecular complexity index is 688. The first-order valence-corrected chi connectivity index (χ1v) is 8.87. The highest BCUT2D eigenvalue weighted by Gasteiger charge is 2.31. The summed E-state index contributed by atoms with van der Waals surface area (Å²) in [6.45, 7) is 0.773. The van der Waals surface area contributed by atoms with E-state index in [0.717, 1.165) is 10.4 Å². The summed E-state index contributed by atoms with van der Waals surface area (Å²) in [7, 11) is 0. The molecule has 3 rings (SSSR count). The number of urea groups is 1. The monoisotopic (exact) mass is 344 g/mol. The SMILES string of the molecule is O=C(O)C1CCN(C(=O)NC(Cc2ccccc2)c2cccs2)C1. The van der Waals surface area contributed by atoms with Gasteiger partial charge >= 0.3 is 12.0 Å². The number of amides is 2. The standard InChI is InChI=1S/C18H20N2O3S/c21-17(22)14-8-9-20(12-14)18(23)19-15(16-7-4-10-24-16)11-13-5-2-1-3-6-13/h1-7,10,14-15H,8-9,11-12H2,(H,19,23)(H,21,22). The summed E-state index contributed by atoms with van der Waals surface area (Å²) in [5, 5.41) is 14.2. The number of aliphatic carboxylic acids is 1. The van der Waals surface area contributed by atoms with Gasteiger partial charge in [0, 0.05) is 18.0 Å². The molecule has 0 aliphatic carbocycles. The molecule has 1 fully saturated rings. The second-order valence-electron chi connectivity index (χ2n) is 5.98. The number of thiophene rings is 1. The number of nitrogens with one attached hydrogen (secondary N) is 1. The number of carbonyl (C=O) groups is 2. The van der Waals surface area contributed by atoms with Crippen LogP contribution in [0, 0.1) is 5.92 Å². The Morgan fingerprint density at radius 3 is 2.67 bits per heavy atom. The third-order valence-corrected chi connectivity index (χ3v) is 5.28.